The third-order valence-electron chi connectivity index (χ3n) is 30.0. The lowest BCUT2D eigenvalue weighted by Crippen LogP contribution is -1.96. The molecule has 0 saturated heterocycles. The van der Waals surface area contributed by atoms with Crippen molar-refractivity contribution in [3.8, 4) is 67.5 Å². The van der Waals surface area contributed by atoms with Gasteiger partial charge < -0.3 is 27.4 Å². The SMILES string of the molecule is c1ccc(-c2ccc(-n3c4ccccc4c4c3c3ccccc3c3c5c6ccccc6ccc5n(-c5ccccc5)c34)cc2)cc1.c1ccc(-c2cccc(-n3c4ccccc4c4c3c3ccccc3c3c5c6ccccc6ccc5n(-c5ccccc5)c34)c2)cc1.c1ccc(-n2c3ccc4ccccc4c3c3c4ccccc4c4c(c5ccccc5n4-c4ccc(-c5ccc6ccccc6c5)cc4)c32)cc1. The highest BCUT2D eigenvalue weighted by molar-refractivity contribution is 6.43. The van der Waals surface area contributed by atoms with Crippen molar-refractivity contribution in [3.05, 3.63) is 522 Å². The van der Waals surface area contributed by atoms with Crippen molar-refractivity contribution in [1.82, 2.24) is 27.4 Å². The van der Waals surface area contributed by atoms with Crippen LogP contribution in [0.25, 0.3) is 274 Å². The number of fused-ring (bicyclic) bond motifs is 37. The normalized spacial score (nSPS) is 11.9. The Hall–Kier alpha value is -18.9. The van der Waals surface area contributed by atoms with Crippen molar-refractivity contribution in [1.29, 1.82) is 0 Å². The van der Waals surface area contributed by atoms with Gasteiger partial charge in [0.1, 0.15) is 0 Å². The molecule has 6 heterocycles. The van der Waals surface area contributed by atoms with Crippen molar-refractivity contribution in [3.63, 3.8) is 0 Å². The summed E-state index contributed by atoms with van der Waals surface area (Å²) < 4.78 is 15.0. The molecule has 0 fully saturated rings. The Balaban J connectivity index is 0.000000102. The van der Waals surface area contributed by atoms with E-state index in [1.807, 2.05) is 0 Å². The minimum absolute atomic E-state index is 1.15. The smallest absolute Gasteiger partial charge is 0.0648 e. The quantitative estimate of drug-likeness (QED) is 0.138. The summed E-state index contributed by atoms with van der Waals surface area (Å²) in [6, 6.07) is 190. The highest BCUT2D eigenvalue weighted by Gasteiger charge is 2.31. The van der Waals surface area contributed by atoms with Crippen LogP contribution in [0.5, 0.6) is 0 Å². The first-order chi connectivity index (χ1) is 70.6. The highest BCUT2D eigenvalue weighted by Crippen LogP contribution is 2.54. The van der Waals surface area contributed by atoms with Crippen LogP contribution in [-0.4, -0.2) is 27.4 Å². The Bertz CT molecular complexity index is 10600. The summed E-state index contributed by atoms with van der Waals surface area (Å²) in [4.78, 5) is 0. The van der Waals surface area contributed by atoms with Crippen LogP contribution in [0.1, 0.15) is 0 Å². The molecule has 142 heavy (non-hydrogen) atoms. The summed E-state index contributed by atoms with van der Waals surface area (Å²) in [5.41, 5.74) is 29.0. The molecule has 0 radical (unpaired) electrons. The van der Waals surface area contributed by atoms with Gasteiger partial charge >= 0.3 is 0 Å². The molecule has 6 heteroatoms. The Morgan fingerprint density at radius 3 is 0.704 bits per heavy atom. The molecule has 6 nitrogen and oxygen atoms in total. The Morgan fingerprint density at radius 2 is 0.331 bits per heavy atom. The largest absolute Gasteiger partial charge is 0.309 e. The maximum Gasteiger partial charge on any atom is 0.0648 e. The zero-order chi connectivity index (χ0) is 93.1. The molecular weight excluding hydrogens is 1720 g/mol. The molecule has 0 aliphatic carbocycles. The first-order valence-electron chi connectivity index (χ1n) is 49.0. The maximum absolute atomic E-state index is 2.51. The Labute approximate surface area is 817 Å². The topological polar surface area (TPSA) is 29.6 Å². The molecule has 31 rings (SSSR count). The van der Waals surface area contributed by atoms with Gasteiger partial charge in [0, 0.05) is 115 Å². The number of aromatic nitrogens is 6. The van der Waals surface area contributed by atoms with Gasteiger partial charge in [0.2, 0.25) is 0 Å². The molecule has 0 atom stereocenters. The number of benzene rings is 25. The summed E-state index contributed by atoms with van der Waals surface area (Å²) in [5, 5.41) is 33.1. The van der Waals surface area contributed by atoms with Crippen LogP contribution < -0.4 is 0 Å². The Kier molecular flexibility index (Phi) is 18.3. The second kappa shape index (κ2) is 32.4. The average Bonchev–Trinajstić information content (AvgIpc) is 1.53. The second-order valence-corrected chi connectivity index (χ2v) is 37.5. The third-order valence-corrected chi connectivity index (χ3v) is 30.0. The zero-order valence-corrected chi connectivity index (χ0v) is 77.3. The van der Waals surface area contributed by atoms with Crippen LogP contribution in [0, 0.1) is 0 Å². The minimum atomic E-state index is 1.15. The van der Waals surface area contributed by atoms with Gasteiger partial charge in [-0.15, -0.1) is 0 Å². The fourth-order valence-electron chi connectivity index (χ4n) is 24.0. The average molecular weight is 1800 g/mol. The molecule has 31 aromatic rings. The van der Waals surface area contributed by atoms with Crippen LogP contribution in [0.4, 0.5) is 0 Å². The van der Waals surface area contributed by atoms with Gasteiger partial charge in [0.05, 0.1) is 66.2 Å². The zero-order valence-electron chi connectivity index (χ0n) is 77.3. The summed E-state index contributed by atoms with van der Waals surface area (Å²) >= 11 is 0. The first kappa shape index (κ1) is 80.4. The number of nitrogens with zero attached hydrogens (tertiary/aromatic N) is 6. The summed E-state index contributed by atoms with van der Waals surface area (Å²) in [7, 11) is 0. The van der Waals surface area contributed by atoms with Crippen molar-refractivity contribution >= 4 is 206 Å². The summed E-state index contributed by atoms with van der Waals surface area (Å²) in [6.45, 7) is 0. The molecule has 0 unspecified atom stereocenters. The van der Waals surface area contributed by atoms with E-state index in [2.05, 4.69) is 549 Å². The van der Waals surface area contributed by atoms with Gasteiger partial charge in [-0.25, -0.2) is 0 Å². The molecule has 0 saturated carbocycles. The third kappa shape index (κ3) is 12.3. The van der Waals surface area contributed by atoms with Crippen LogP contribution in [0.15, 0.2) is 522 Å². The van der Waals surface area contributed by atoms with Gasteiger partial charge in [0.15, 0.2) is 0 Å². The predicted octanol–water partition coefficient (Wildman–Crippen LogP) is 36.7. The van der Waals surface area contributed by atoms with Crippen LogP contribution in [0.3, 0.4) is 0 Å². The van der Waals surface area contributed by atoms with Crippen molar-refractivity contribution < 1.29 is 0 Å². The molecule has 6 aromatic heterocycles. The first-order valence-corrected chi connectivity index (χ1v) is 49.0. The fourth-order valence-corrected chi connectivity index (χ4v) is 24.0. The van der Waals surface area contributed by atoms with Gasteiger partial charge in [0.25, 0.3) is 0 Å². The second-order valence-electron chi connectivity index (χ2n) is 37.5. The van der Waals surface area contributed by atoms with Crippen LogP contribution >= 0.6 is 0 Å². The highest BCUT2D eigenvalue weighted by atomic mass is 15.0. The van der Waals surface area contributed by atoms with E-state index < -0.39 is 0 Å². The van der Waals surface area contributed by atoms with E-state index in [1.165, 1.54) is 245 Å². The summed E-state index contributed by atoms with van der Waals surface area (Å²) in [6.07, 6.45) is 0. The van der Waals surface area contributed by atoms with E-state index >= 15 is 0 Å². The standard InChI is InChI=1S/C48H30N2.2C44H28N2/c1-2-15-36(16-3-1)50-43-29-26-33-13-6-7-17-38(33)44(43)45-39-18-8-9-19-40(39)47-46(48(45)50)41-20-10-11-21-42(41)49(47)37-27-24-32(25-28-37)35-23-22-31-12-4-5-14-34(31)30-35;1-3-14-29(15-4-1)31-17-13-20-33(28-31)46-38-25-12-11-24-37(38)42-43(46)36-23-10-9-22-35(36)41-40-34-21-8-7-16-30(34)26-27-39(40)45(44(41)42)32-18-5-2-6-19-32;1-3-13-29(14-4-1)30-23-26-33(27-24-30)45-38-22-12-11-21-37(38)42-43(45)36-20-10-9-19-35(36)41-40-34-18-8-7-15-31(34)25-28-39(40)46(44(41)42)32-16-5-2-6-17-32/h1-30H;2*1-28H. The summed E-state index contributed by atoms with van der Waals surface area (Å²) in [5.74, 6) is 0. The lowest BCUT2D eigenvalue weighted by atomic mass is 9.97. The molecule has 0 N–H and O–H groups in total. The molecular formula is C136H86N6. The van der Waals surface area contributed by atoms with E-state index in [0.717, 1.165) is 28.4 Å². The van der Waals surface area contributed by atoms with Gasteiger partial charge in [-0.1, -0.05) is 406 Å². The van der Waals surface area contributed by atoms with E-state index in [4.69, 9.17) is 0 Å². The molecule has 0 aliphatic rings. The maximum atomic E-state index is 2.51. The molecule has 0 aliphatic heterocycles. The van der Waals surface area contributed by atoms with E-state index in [1.54, 1.807) is 0 Å². The minimum Gasteiger partial charge on any atom is -0.309 e. The van der Waals surface area contributed by atoms with Crippen molar-refractivity contribution in [2.24, 2.45) is 0 Å². The lowest BCUT2D eigenvalue weighted by Gasteiger charge is -2.14. The van der Waals surface area contributed by atoms with Crippen LogP contribution in [0.2, 0.25) is 0 Å². The van der Waals surface area contributed by atoms with Crippen molar-refractivity contribution in [2.75, 3.05) is 0 Å². The van der Waals surface area contributed by atoms with Gasteiger partial charge in [-0.2, -0.15) is 0 Å². The number of hydrogen-bond acceptors (Lipinski definition) is 0. The predicted molar refractivity (Wildman–Crippen MR) is 604 cm³/mol. The van der Waals surface area contributed by atoms with E-state index in [9.17, 15) is 0 Å². The van der Waals surface area contributed by atoms with Gasteiger partial charge in [-0.05, 0) is 208 Å². The number of rotatable bonds is 9. The van der Waals surface area contributed by atoms with Crippen LogP contribution in [-0.2, 0) is 0 Å². The molecule has 25 aromatic carbocycles. The number of hydrogen-bond donors (Lipinski definition) is 0. The Morgan fingerprint density at radius 1 is 0.0986 bits per heavy atom. The van der Waals surface area contributed by atoms with Gasteiger partial charge in [-0.3, -0.25) is 0 Å². The fraction of sp³-hybridized carbons (Fsp3) is 0. The molecule has 0 amide bonds. The van der Waals surface area contributed by atoms with E-state index in [0.29, 0.717) is 0 Å². The number of para-hydroxylation sites is 6. The van der Waals surface area contributed by atoms with Crippen molar-refractivity contribution in [2.45, 2.75) is 0 Å². The molecule has 0 bridgehead atoms. The molecule has 0 spiro atoms. The lowest BCUT2D eigenvalue weighted by molar-refractivity contribution is 1.18. The van der Waals surface area contributed by atoms with E-state index in [-0.39, 0.29) is 0 Å². The molecule has 660 valence electrons. The monoisotopic (exact) mass is 1800 g/mol.